The zero-order valence-corrected chi connectivity index (χ0v) is 19.0. The van der Waals surface area contributed by atoms with Gasteiger partial charge in [-0.15, -0.1) is 21.5 Å². The first kappa shape index (κ1) is 21.1. The van der Waals surface area contributed by atoms with Crippen LogP contribution in [-0.2, 0) is 17.8 Å². The van der Waals surface area contributed by atoms with Crippen LogP contribution in [0.15, 0.2) is 46.9 Å². The number of hydrogen-bond donors (Lipinski definition) is 1. The lowest BCUT2D eigenvalue weighted by atomic mass is 9.95. The summed E-state index contributed by atoms with van der Waals surface area (Å²) in [5.74, 6) is 1.40. The molecule has 1 saturated carbocycles. The van der Waals surface area contributed by atoms with Crippen molar-refractivity contribution in [2.24, 2.45) is 0 Å². The standard InChI is InChI=1S/C23H28N4OS2/c1-17-9-11-18(12-10-17)15-24-22(28)16-30-23-26-25-21(14-20-8-5-13-29-20)27(23)19-6-3-2-4-7-19/h5,8-13,19H,2-4,6-7,14-16H2,1H3,(H,24,28). The average molecular weight is 441 g/mol. The Morgan fingerprint density at radius 3 is 2.70 bits per heavy atom. The third-order valence-electron chi connectivity index (χ3n) is 5.53. The second-order valence-corrected chi connectivity index (χ2v) is 9.84. The van der Waals surface area contributed by atoms with Crippen molar-refractivity contribution < 1.29 is 4.79 Å². The maximum absolute atomic E-state index is 12.4. The van der Waals surface area contributed by atoms with E-state index in [1.165, 1.54) is 54.3 Å². The summed E-state index contributed by atoms with van der Waals surface area (Å²) in [6, 6.07) is 12.9. The van der Waals surface area contributed by atoms with Gasteiger partial charge < -0.3 is 9.88 Å². The molecular formula is C23H28N4OS2. The van der Waals surface area contributed by atoms with Crippen molar-refractivity contribution >= 4 is 29.0 Å². The van der Waals surface area contributed by atoms with Gasteiger partial charge in [0.2, 0.25) is 5.91 Å². The van der Waals surface area contributed by atoms with Gasteiger partial charge in [0.15, 0.2) is 5.16 Å². The summed E-state index contributed by atoms with van der Waals surface area (Å²) < 4.78 is 2.32. The van der Waals surface area contributed by atoms with E-state index in [1.807, 2.05) is 0 Å². The molecule has 1 aliphatic rings. The molecule has 30 heavy (non-hydrogen) atoms. The van der Waals surface area contributed by atoms with Crippen molar-refractivity contribution in [3.63, 3.8) is 0 Å². The normalized spacial score (nSPS) is 14.7. The number of benzene rings is 1. The number of aromatic nitrogens is 3. The Labute approximate surface area is 186 Å². The Morgan fingerprint density at radius 1 is 1.17 bits per heavy atom. The fourth-order valence-corrected chi connectivity index (χ4v) is 5.44. The summed E-state index contributed by atoms with van der Waals surface area (Å²) in [6.45, 7) is 2.62. The number of amides is 1. The number of aryl methyl sites for hydroxylation is 1. The monoisotopic (exact) mass is 440 g/mol. The first-order valence-electron chi connectivity index (χ1n) is 10.6. The number of carbonyl (C=O) groups is 1. The van der Waals surface area contributed by atoms with Gasteiger partial charge in [-0.1, -0.05) is 66.9 Å². The first-order valence-corrected chi connectivity index (χ1v) is 12.5. The minimum absolute atomic E-state index is 0.0265. The maximum Gasteiger partial charge on any atom is 0.230 e. The minimum Gasteiger partial charge on any atom is -0.351 e. The summed E-state index contributed by atoms with van der Waals surface area (Å²) in [5.41, 5.74) is 2.34. The minimum atomic E-state index is 0.0265. The average Bonchev–Trinajstić information content (AvgIpc) is 3.43. The molecule has 1 aliphatic carbocycles. The molecule has 2 aromatic heterocycles. The van der Waals surface area contributed by atoms with Crippen molar-refractivity contribution in [3.05, 3.63) is 63.6 Å². The number of thioether (sulfide) groups is 1. The van der Waals surface area contributed by atoms with Gasteiger partial charge in [0.25, 0.3) is 0 Å². The molecule has 0 atom stereocenters. The van der Waals surface area contributed by atoms with Crippen molar-refractivity contribution in [3.8, 4) is 0 Å². The molecule has 7 heteroatoms. The van der Waals surface area contributed by atoms with Crippen LogP contribution in [0.1, 0.15) is 60.0 Å². The highest BCUT2D eigenvalue weighted by Crippen LogP contribution is 2.33. The lowest BCUT2D eigenvalue weighted by Crippen LogP contribution is -2.25. The molecular weight excluding hydrogens is 412 g/mol. The molecule has 0 spiro atoms. The number of carbonyl (C=O) groups excluding carboxylic acids is 1. The summed E-state index contributed by atoms with van der Waals surface area (Å²) >= 11 is 3.25. The Hall–Kier alpha value is -2.12. The largest absolute Gasteiger partial charge is 0.351 e. The predicted molar refractivity (Wildman–Crippen MR) is 123 cm³/mol. The molecule has 1 aromatic carbocycles. The molecule has 158 valence electrons. The first-order chi connectivity index (χ1) is 14.7. The Balaban J connectivity index is 1.40. The SMILES string of the molecule is Cc1ccc(CNC(=O)CSc2nnc(Cc3cccs3)n2C2CCCCC2)cc1. The molecule has 4 rings (SSSR count). The molecule has 0 aliphatic heterocycles. The van der Waals surface area contributed by atoms with Gasteiger partial charge in [-0.05, 0) is 36.8 Å². The van der Waals surface area contributed by atoms with Gasteiger partial charge in [0, 0.05) is 23.9 Å². The summed E-state index contributed by atoms with van der Waals surface area (Å²) in [7, 11) is 0. The molecule has 1 N–H and O–H groups in total. The number of hydrogen-bond acceptors (Lipinski definition) is 5. The molecule has 0 saturated heterocycles. The molecule has 1 fully saturated rings. The zero-order valence-electron chi connectivity index (χ0n) is 17.3. The molecule has 3 aromatic rings. The highest BCUT2D eigenvalue weighted by molar-refractivity contribution is 7.99. The smallest absolute Gasteiger partial charge is 0.230 e. The summed E-state index contributed by atoms with van der Waals surface area (Å²) in [5, 5.41) is 15.0. The van der Waals surface area contributed by atoms with Crippen LogP contribution >= 0.6 is 23.1 Å². The van der Waals surface area contributed by atoms with E-state index in [2.05, 4.69) is 68.8 Å². The Bertz CT molecular complexity index is 944. The zero-order chi connectivity index (χ0) is 20.8. The van der Waals surface area contributed by atoms with Crippen molar-refractivity contribution in [2.45, 2.75) is 63.2 Å². The molecule has 0 radical (unpaired) electrons. The fraction of sp³-hybridized carbons (Fsp3) is 0.435. The third-order valence-corrected chi connectivity index (χ3v) is 7.35. The second kappa shape index (κ2) is 10.3. The van der Waals surface area contributed by atoms with E-state index in [0.717, 1.165) is 23.0 Å². The topological polar surface area (TPSA) is 59.8 Å². The van der Waals surface area contributed by atoms with Crippen LogP contribution in [0.2, 0.25) is 0 Å². The third kappa shape index (κ3) is 5.52. The van der Waals surface area contributed by atoms with Crippen LogP contribution in [0.5, 0.6) is 0 Å². The van der Waals surface area contributed by atoms with Gasteiger partial charge in [0.05, 0.1) is 5.75 Å². The highest BCUT2D eigenvalue weighted by atomic mass is 32.2. The lowest BCUT2D eigenvalue weighted by Gasteiger charge is -2.25. The van der Waals surface area contributed by atoms with E-state index in [4.69, 9.17) is 0 Å². The van der Waals surface area contributed by atoms with Crippen LogP contribution in [0, 0.1) is 6.92 Å². The van der Waals surface area contributed by atoms with E-state index in [0.29, 0.717) is 18.3 Å². The van der Waals surface area contributed by atoms with Crippen LogP contribution in [-0.4, -0.2) is 26.4 Å². The lowest BCUT2D eigenvalue weighted by molar-refractivity contribution is -0.118. The van der Waals surface area contributed by atoms with E-state index < -0.39 is 0 Å². The molecule has 0 bridgehead atoms. The maximum atomic E-state index is 12.4. The van der Waals surface area contributed by atoms with Gasteiger partial charge in [-0.2, -0.15) is 0 Å². The van der Waals surface area contributed by atoms with Crippen molar-refractivity contribution in [1.82, 2.24) is 20.1 Å². The van der Waals surface area contributed by atoms with Crippen molar-refractivity contribution in [2.75, 3.05) is 5.75 Å². The van der Waals surface area contributed by atoms with Gasteiger partial charge >= 0.3 is 0 Å². The van der Waals surface area contributed by atoms with E-state index in [9.17, 15) is 4.79 Å². The van der Waals surface area contributed by atoms with Crippen molar-refractivity contribution in [1.29, 1.82) is 0 Å². The fourth-order valence-electron chi connectivity index (χ4n) is 3.89. The number of thiophene rings is 1. The van der Waals surface area contributed by atoms with E-state index in [1.54, 1.807) is 11.3 Å². The van der Waals surface area contributed by atoms with Gasteiger partial charge in [-0.25, -0.2) is 0 Å². The second-order valence-electron chi connectivity index (χ2n) is 7.87. The Morgan fingerprint density at radius 2 is 1.97 bits per heavy atom. The van der Waals surface area contributed by atoms with Crippen LogP contribution in [0.4, 0.5) is 0 Å². The predicted octanol–water partition coefficient (Wildman–Crippen LogP) is 5.15. The number of nitrogens with one attached hydrogen (secondary N) is 1. The highest BCUT2D eigenvalue weighted by Gasteiger charge is 2.23. The van der Waals surface area contributed by atoms with Gasteiger partial charge in [0.1, 0.15) is 5.82 Å². The molecule has 1 amide bonds. The summed E-state index contributed by atoms with van der Waals surface area (Å²) in [6.07, 6.45) is 6.96. The molecule has 0 unspecified atom stereocenters. The van der Waals surface area contributed by atoms with Crippen LogP contribution in [0.25, 0.3) is 0 Å². The Kier molecular flexibility index (Phi) is 7.23. The van der Waals surface area contributed by atoms with Crippen LogP contribution < -0.4 is 5.32 Å². The van der Waals surface area contributed by atoms with E-state index in [-0.39, 0.29) is 5.91 Å². The van der Waals surface area contributed by atoms with Gasteiger partial charge in [-0.3, -0.25) is 4.79 Å². The van der Waals surface area contributed by atoms with E-state index >= 15 is 0 Å². The molecule has 2 heterocycles. The number of nitrogens with zero attached hydrogens (tertiary/aromatic N) is 3. The number of rotatable bonds is 8. The molecule has 5 nitrogen and oxygen atoms in total. The quantitative estimate of drug-likeness (QED) is 0.492. The summed E-state index contributed by atoms with van der Waals surface area (Å²) in [4.78, 5) is 13.7. The van der Waals surface area contributed by atoms with Crippen LogP contribution in [0.3, 0.4) is 0 Å².